The zero-order valence-electron chi connectivity index (χ0n) is 10.8. The molecule has 1 aromatic carbocycles. The van der Waals surface area contributed by atoms with Crippen LogP contribution < -0.4 is 5.43 Å². The molecule has 0 radical (unpaired) electrons. The van der Waals surface area contributed by atoms with Gasteiger partial charge < -0.3 is 4.57 Å². The van der Waals surface area contributed by atoms with Gasteiger partial charge in [-0.2, -0.15) is 5.10 Å². The molecule has 20 heavy (non-hydrogen) atoms. The van der Waals surface area contributed by atoms with Gasteiger partial charge in [0.2, 0.25) is 5.91 Å². The van der Waals surface area contributed by atoms with Crippen molar-refractivity contribution in [3.8, 4) is 0 Å². The molecule has 104 valence electrons. The lowest BCUT2D eigenvalue weighted by Crippen LogP contribution is -2.20. The number of halogens is 2. The molecule has 1 N–H and O–H groups in total. The van der Waals surface area contributed by atoms with E-state index in [1.54, 1.807) is 18.2 Å². The Kier molecular flexibility index (Phi) is 4.82. The van der Waals surface area contributed by atoms with Gasteiger partial charge in [-0.05, 0) is 18.2 Å². The van der Waals surface area contributed by atoms with Crippen molar-refractivity contribution in [3.63, 3.8) is 0 Å². The Labute approximate surface area is 127 Å². The first-order chi connectivity index (χ1) is 9.58. The topological polar surface area (TPSA) is 46.4 Å². The number of aromatic nitrogens is 1. The van der Waals surface area contributed by atoms with Crippen molar-refractivity contribution >= 4 is 35.3 Å². The molecule has 0 bridgehead atoms. The van der Waals surface area contributed by atoms with Crippen LogP contribution in [0.25, 0.3) is 0 Å². The van der Waals surface area contributed by atoms with Gasteiger partial charge in [0.25, 0.3) is 0 Å². The van der Waals surface area contributed by atoms with Gasteiger partial charge >= 0.3 is 0 Å². The molecule has 1 heterocycles. The van der Waals surface area contributed by atoms with Gasteiger partial charge in [0.05, 0.1) is 22.7 Å². The number of carbonyl (C=O) groups excluding carboxylic acids is 1. The molecule has 0 saturated carbocycles. The second-order valence-corrected chi connectivity index (χ2v) is 5.01. The van der Waals surface area contributed by atoms with Crippen LogP contribution >= 0.6 is 23.2 Å². The van der Waals surface area contributed by atoms with Crippen LogP contribution in [0.2, 0.25) is 10.0 Å². The number of hydrogen-bond donors (Lipinski definition) is 1. The summed E-state index contributed by atoms with van der Waals surface area (Å²) in [4.78, 5) is 11.7. The largest absolute Gasteiger partial charge is 0.354 e. The molecule has 4 nitrogen and oxygen atoms in total. The highest BCUT2D eigenvalue weighted by atomic mass is 35.5. The first-order valence-corrected chi connectivity index (χ1v) is 6.69. The molecule has 0 unspecified atom stereocenters. The number of rotatable bonds is 4. The molecule has 0 aliphatic carbocycles. The quantitative estimate of drug-likeness (QED) is 0.685. The van der Waals surface area contributed by atoms with Gasteiger partial charge in [0, 0.05) is 24.5 Å². The first kappa shape index (κ1) is 14.6. The molecule has 0 aliphatic heterocycles. The zero-order chi connectivity index (χ0) is 14.5. The molecule has 0 saturated heterocycles. The van der Waals surface area contributed by atoms with E-state index < -0.39 is 0 Å². The fourth-order valence-corrected chi connectivity index (χ4v) is 2.03. The van der Waals surface area contributed by atoms with Gasteiger partial charge in [-0.3, -0.25) is 4.79 Å². The molecule has 1 aromatic heterocycles. The summed E-state index contributed by atoms with van der Waals surface area (Å²) in [5.41, 5.74) is 4.03. The Bertz CT molecular complexity index is 650. The highest BCUT2D eigenvalue weighted by Gasteiger charge is 2.05. The number of hydrogen-bond acceptors (Lipinski definition) is 2. The van der Waals surface area contributed by atoms with Crippen molar-refractivity contribution in [2.75, 3.05) is 0 Å². The molecule has 0 spiro atoms. The van der Waals surface area contributed by atoms with Crippen molar-refractivity contribution in [2.24, 2.45) is 12.1 Å². The minimum absolute atomic E-state index is 0.193. The van der Waals surface area contributed by atoms with E-state index in [1.807, 2.05) is 29.9 Å². The van der Waals surface area contributed by atoms with Crippen molar-refractivity contribution in [1.29, 1.82) is 0 Å². The Morgan fingerprint density at radius 3 is 2.85 bits per heavy atom. The summed E-state index contributed by atoms with van der Waals surface area (Å²) in [6.45, 7) is 0. The van der Waals surface area contributed by atoms with Crippen LogP contribution in [0.3, 0.4) is 0 Å². The molecule has 1 amide bonds. The monoisotopic (exact) mass is 309 g/mol. The number of nitrogens with one attached hydrogen (secondary N) is 1. The molecule has 2 rings (SSSR count). The van der Waals surface area contributed by atoms with Crippen LogP contribution in [-0.2, 0) is 18.3 Å². The van der Waals surface area contributed by atoms with Crippen LogP contribution in [-0.4, -0.2) is 16.7 Å². The normalized spacial score (nSPS) is 10.9. The standard InChI is InChI=1S/C14H13Cl2N3O/c1-19-7-3-5-11(19)8-13(20)18-17-9-10-4-2-6-12(15)14(10)16/h2-7,9H,8H2,1H3,(H,18,20). The van der Waals surface area contributed by atoms with Gasteiger partial charge in [-0.15, -0.1) is 0 Å². The van der Waals surface area contributed by atoms with E-state index in [2.05, 4.69) is 10.5 Å². The minimum Gasteiger partial charge on any atom is -0.354 e. The van der Waals surface area contributed by atoms with Crippen LogP contribution in [0.1, 0.15) is 11.3 Å². The number of carbonyl (C=O) groups is 1. The van der Waals surface area contributed by atoms with Crippen LogP contribution in [0, 0.1) is 0 Å². The van der Waals surface area contributed by atoms with Gasteiger partial charge in [-0.25, -0.2) is 5.43 Å². The SMILES string of the molecule is Cn1cccc1CC(=O)NN=Cc1cccc(Cl)c1Cl. The zero-order valence-corrected chi connectivity index (χ0v) is 12.3. The Morgan fingerprint density at radius 2 is 2.15 bits per heavy atom. The van der Waals surface area contributed by atoms with Crippen LogP contribution in [0.4, 0.5) is 0 Å². The van der Waals surface area contributed by atoms with E-state index in [0.717, 1.165) is 5.69 Å². The number of nitrogens with zero attached hydrogens (tertiary/aromatic N) is 2. The minimum atomic E-state index is -0.193. The van der Waals surface area contributed by atoms with E-state index in [-0.39, 0.29) is 12.3 Å². The third-order valence-corrected chi connectivity index (χ3v) is 3.60. The number of aryl methyl sites for hydroxylation is 1. The maximum absolute atomic E-state index is 11.7. The van der Waals surface area contributed by atoms with Crippen LogP contribution in [0.15, 0.2) is 41.6 Å². The second-order valence-electron chi connectivity index (χ2n) is 4.22. The van der Waals surface area contributed by atoms with Crippen LogP contribution in [0.5, 0.6) is 0 Å². The predicted octanol–water partition coefficient (Wildman–Crippen LogP) is 3.02. The van der Waals surface area contributed by atoms with Crippen molar-refractivity contribution in [2.45, 2.75) is 6.42 Å². The summed E-state index contributed by atoms with van der Waals surface area (Å²) in [5.74, 6) is -0.193. The summed E-state index contributed by atoms with van der Waals surface area (Å²) in [6.07, 6.45) is 3.62. The average molecular weight is 310 g/mol. The van der Waals surface area contributed by atoms with E-state index in [4.69, 9.17) is 23.2 Å². The Balaban J connectivity index is 1.95. The maximum Gasteiger partial charge on any atom is 0.245 e. The molecule has 0 aliphatic rings. The first-order valence-electron chi connectivity index (χ1n) is 5.94. The number of hydrazone groups is 1. The highest BCUT2D eigenvalue weighted by Crippen LogP contribution is 2.23. The summed E-state index contributed by atoms with van der Waals surface area (Å²) in [7, 11) is 1.89. The van der Waals surface area contributed by atoms with E-state index in [1.165, 1.54) is 6.21 Å². The van der Waals surface area contributed by atoms with Gasteiger partial charge in [0.1, 0.15) is 0 Å². The van der Waals surface area contributed by atoms with Crippen molar-refractivity contribution in [1.82, 2.24) is 9.99 Å². The summed E-state index contributed by atoms with van der Waals surface area (Å²) in [6, 6.07) is 8.99. The summed E-state index contributed by atoms with van der Waals surface area (Å²) < 4.78 is 1.89. The third kappa shape index (κ3) is 3.62. The lowest BCUT2D eigenvalue weighted by atomic mass is 10.2. The highest BCUT2D eigenvalue weighted by molar-refractivity contribution is 6.43. The average Bonchev–Trinajstić information content (AvgIpc) is 2.80. The molecular formula is C14H13Cl2N3O. The van der Waals surface area contributed by atoms with Crippen molar-refractivity contribution < 1.29 is 4.79 Å². The lowest BCUT2D eigenvalue weighted by Gasteiger charge is -2.02. The molecule has 0 atom stereocenters. The molecule has 2 aromatic rings. The van der Waals surface area contributed by atoms with E-state index in [9.17, 15) is 4.79 Å². The predicted molar refractivity (Wildman–Crippen MR) is 81.3 cm³/mol. The summed E-state index contributed by atoms with van der Waals surface area (Å²) >= 11 is 11.9. The fourth-order valence-electron chi connectivity index (χ4n) is 1.68. The van der Waals surface area contributed by atoms with Gasteiger partial charge in [0.15, 0.2) is 0 Å². The van der Waals surface area contributed by atoms with E-state index in [0.29, 0.717) is 15.6 Å². The number of benzene rings is 1. The number of amides is 1. The third-order valence-electron chi connectivity index (χ3n) is 2.77. The molecular weight excluding hydrogens is 297 g/mol. The Hall–Kier alpha value is -1.78. The van der Waals surface area contributed by atoms with E-state index >= 15 is 0 Å². The van der Waals surface area contributed by atoms with Gasteiger partial charge in [-0.1, -0.05) is 35.3 Å². The fraction of sp³-hybridized carbons (Fsp3) is 0.143. The summed E-state index contributed by atoms with van der Waals surface area (Å²) in [5, 5.41) is 4.74. The maximum atomic E-state index is 11.7. The lowest BCUT2D eigenvalue weighted by molar-refractivity contribution is -0.120. The smallest absolute Gasteiger partial charge is 0.245 e. The second kappa shape index (κ2) is 6.59. The molecule has 0 fully saturated rings. The van der Waals surface area contributed by atoms with Crippen molar-refractivity contribution in [3.05, 3.63) is 57.8 Å². The molecule has 6 heteroatoms. The Morgan fingerprint density at radius 1 is 1.35 bits per heavy atom.